The van der Waals surface area contributed by atoms with Crippen LogP contribution in [0.15, 0.2) is 11.6 Å². The molecule has 0 spiro atoms. The lowest BCUT2D eigenvalue weighted by atomic mass is 9.33. The van der Waals surface area contributed by atoms with Gasteiger partial charge in [-0.25, -0.2) is 0 Å². The van der Waals surface area contributed by atoms with Gasteiger partial charge < -0.3 is 5.73 Å². The maximum Gasteiger partial charge on any atom is 0.511 e. The summed E-state index contributed by atoms with van der Waals surface area (Å²) in [6.07, 6.45) is 3.96. The SMILES string of the molecule is CON(C(=O)[C@@]1(C)CC[C@]2(C)CC[C@]3(C)C(=CC(=O)[C@@H]4[C@@]5(C)CC[C@H](N)C(C)(C)C5CC[C@]43C)[C@@H]2C1)C(F)(F)F. The summed E-state index contributed by atoms with van der Waals surface area (Å²) in [5.41, 5.74) is 5.58. The molecule has 4 saturated carbocycles. The van der Waals surface area contributed by atoms with E-state index < -0.39 is 22.7 Å². The number of nitrogens with two attached hydrogens (primary N) is 1. The predicted octanol–water partition coefficient (Wildman–Crippen LogP) is 7.20. The largest absolute Gasteiger partial charge is 0.511 e. The zero-order valence-electron chi connectivity index (χ0n) is 25.6. The van der Waals surface area contributed by atoms with E-state index in [4.69, 9.17) is 5.73 Å². The number of carbonyl (C=O) groups excluding carboxylic acids is 2. The molecule has 0 saturated heterocycles. The monoisotopic (exact) mass is 566 g/mol. The Balaban J connectivity index is 1.57. The lowest BCUT2D eigenvalue weighted by molar-refractivity contribution is -0.347. The fourth-order valence-electron chi connectivity index (χ4n) is 11.0. The van der Waals surface area contributed by atoms with Gasteiger partial charge in [-0.3, -0.25) is 14.4 Å². The highest BCUT2D eigenvalue weighted by Crippen LogP contribution is 2.75. The molecule has 0 aromatic carbocycles. The fourth-order valence-corrected chi connectivity index (χ4v) is 11.0. The number of hydrogen-bond donors (Lipinski definition) is 1. The number of nitrogens with zero attached hydrogens (tertiary/aromatic N) is 1. The maximum atomic E-state index is 14.4. The first-order chi connectivity index (χ1) is 18.2. The molecule has 5 aliphatic carbocycles. The molecule has 0 aromatic heterocycles. The van der Waals surface area contributed by atoms with Crippen LogP contribution in [0.5, 0.6) is 0 Å². The van der Waals surface area contributed by atoms with E-state index in [1.54, 1.807) is 6.92 Å². The minimum atomic E-state index is -4.91. The molecule has 0 aromatic rings. The van der Waals surface area contributed by atoms with Gasteiger partial charge in [0.05, 0.1) is 7.11 Å². The topological polar surface area (TPSA) is 72.6 Å². The van der Waals surface area contributed by atoms with E-state index in [-0.39, 0.29) is 57.2 Å². The Kier molecular flexibility index (Phi) is 6.62. The van der Waals surface area contributed by atoms with Crippen LogP contribution in [0, 0.1) is 50.2 Å². The zero-order chi connectivity index (χ0) is 29.9. The minimum absolute atomic E-state index is 0.0537. The fraction of sp³-hybridized carbons (Fsp3) is 0.875. The van der Waals surface area contributed by atoms with Gasteiger partial charge in [-0.2, -0.15) is 0 Å². The first-order valence-corrected chi connectivity index (χ1v) is 15.2. The molecule has 4 fully saturated rings. The molecule has 2 N–H and O–H groups in total. The van der Waals surface area contributed by atoms with Gasteiger partial charge in [-0.15, -0.1) is 18.2 Å². The Morgan fingerprint density at radius 2 is 1.60 bits per heavy atom. The molecule has 5 nitrogen and oxygen atoms in total. The molecule has 0 aliphatic heterocycles. The molecule has 1 amide bonds. The lowest BCUT2D eigenvalue weighted by Crippen LogP contribution is -2.67. The summed E-state index contributed by atoms with van der Waals surface area (Å²) in [4.78, 5) is 32.3. The average molecular weight is 567 g/mol. The van der Waals surface area contributed by atoms with E-state index in [0.29, 0.717) is 18.8 Å². The van der Waals surface area contributed by atoms with Crippen LogP contribution >= 0.6 is 0 Å². The smallest absolute Gasteiger partial charge is 0.327 e. The van der Waals surface area contributed by atoms with E-state index >= 15 is 0 Å². The van der Waals surface area contributed by atoms with Crippen LogP contribution in [-0.4, -0.2) is 36.2 Å². The Hall–Kier alpha value is -1.41. The van der Waals surface area contributed by atoms with E-state index in [0.717, 1.165) is 51.2 Å². The van der Waals surface area contributed by atoms with Gasteiger partial charge in [0.15, 0.2) is 5.78 Å². The maximum absolute atomic E-state index is 14.4. The Morgan fingerprint density at radius 3 is 2.20 bits per heavy atom. The van der Waals surface area contributed by atoms with Crippen molar-refractivity contribution >= 4 is 11.7 Å². The van der Waals surface area contributed by atoms with Gasteiger partial charge in [0.2, 0.25) is 0 Å². The van der Waals surface area contributed by atoms with Crippen molar-refractivity contribution in [1.29, 1.82) is 0 Å². The van der Waals surface area contributed by atoms with Crippen molar-refractivity contribution in [2.45, 2.75) is 119 Å². The number of ketones is 1. The Bertz CT molecular complexity index is 1130. The molecule has 5 aliphatic rings. The van der Waals surface area contributed by atoms with Crippen molar-refractivity contribution in [3.8, 4) is 0 Å². The number of hydrogen-bond acceptors (Lipinski definition) is 4. The Labute approximate surface area is 237 Å². The molecule has 0 radical (unpaired) electrons. The van der Waals surface area contributed by atoms with Crippen molar-refractivity contribution in [2.24, 2.45) is 56.0 Å². The first kappa shape index (κ1) is 30.1. The Morgan fingerprint density at radius 1 is 0.975 bits per heavy atom. The number of allylic oxidation sites excluding steroid dienone is 2. The third kappa shape index (κ3) is 3.79. The van der Waals surface area contributed by atoms with Crippen molar-refractivity contribution in [3.05, 3.63) is 11.6 Å². The number of alkyl halides is 3. The van der Waals surface area contributed by atoms with Gasteiger partial charge >= 0.3 is 6.30 Å². The van der Waals surface area contributed by atoms with E-state index in [1.807, 2.05) is 6.08 Å². The molecular weight excluding hydrogens is 517 g/mol. The zero-order valence-corrected chi connectivity index (χ0v) is 25.6. The molecule has 8 heteroatoms. The standard InChI is InChI=1S/C32H49F3N2O3/c1-26(2)22-9-12-31(7)24(29(22,5)11-10-23(26)36)21(38)17-19-20-18-28(4,25(39)37(40-8)32(33,34)35)14-13-27(20,3)15-16-30(19,31)6/h17,20,22-24H,9-16,18,36H2,1-8H3/t20-,22?,23-,24+,27+,28-,29-,30+,31+/m0/s1. The van der Waals surface area contributed by atoms with E-state index in [2.05, 4.69) is 46.4 Å². The highest BCUT2D eigenvalue weighted by molar-refractivity contribution is 5.95. The van der Waals surface area contributed by atoms with Crippen LogP contribution in [0.1, 0.15) is 106 Å². The number of amides is 1. The number of halogens is 3. The minimum Gasteiger partial charge on any atom is -0.327 e. The number of fused-ring (bicyclic) bond motifs is 7. The molecule has 1 unspecified atom stereocenters. The van der Waals surface area contributed by atoms with Crippen LogP contribution in [0.3, 0.4) is 0 Å². The lowest BCUT2D eigenvalue weighted by Gasteiger charge is -2.70. The summed E-state index contributed by atoms with van der Waals surface area (Å²) in [5.74, 6) is -0.766. The van der Waals surface area contributed by atoms with Gasteiger partial charge in [0.25, 0.3) is 5.91 Å². The average Bonchev–Trinajstić information content (AvgIpc) is 2.83. The van der Waals surface area contributed by atoms with E-state index in [9.17, 15) is 22.8 Å². The molecule has 40 heavy (non-hydrogen) atoms. The molecule has 5 rings (SSSR count). The third-order valence-corrected chi connectivity index (χ3v) is 13.8. The van der Waals surface area contributed by atoms with Gasteiger partial charge in [0.1, 0.15) is 0 Å². The van der Waals surface area contributed by atoms with Crippen LogP contribution < -0.4 is 5.73 Å². The van der Waals surface area contributed by atoms with Gasteiger partial charge in [-0.1, -0.05) is 54.0 Å². The number of hydroxylamine groups is 2. The van der Waals surface area contributed by atoms with Gasteiger partial charge in [-0.05, 0) is 103 Å². The summed E-state index contributed by atoms with van der Waals surface area (Å²) >= 11 is 0. The summed E-state index contributed by atoms with van der Waals surface area (Å²) in [7, 11) is 0.888. The number of rotatable bonds is 2. The van der Waals surface area contributed by atoms with Crippen LogP contribution in [0.25, 0.3) is 0 Å². The van der Waals surface area contributed by atoms with Crippen molar-refractivity contribution in [3.63, 3.8) is 0 Å². The summed E-state index contributed by atoms with van der Waals surface area (Å²) < 4.78 is 41.1. The predicted molar refractivity (Wildman–Crippen MR) is 147 cm³/mol. The van der Waals surface area contributed by atoms with Crippen molar-refractivity contribution in [1.82, 2.24) is 5.06 Å². The molecular formula is C32H49F3N2O3. The second-order valence-electron chi connectivity index (χ2n) is 16.0. The first-order valence-electron chi connectivity index (χ1n) is 15.2. The van der Waals surface area contributed by atoms with Crippen molar-refractivity contribution < 1.29 is 27.6 Å². The van der Waals surface area contributed by atoms with Crippen LogP contribution in [0.2, 0.25) is 0 Å². The second kappa shape index (κ2) is 8.81. The van der Waals surface area contributed by atoms with E-state index in [1.165, 1.54) is 0 Å². The molecule has 226 valence electrons. The second-order valence-corrected chi connectivity index (χ2v) is 16.0. The third-order valence-electron chi connectivity index (χ3n) is 13.8. The molecule has 9 atom stereocenters. The summed E-state index contributed by atoms with van der Waals surface area (Å²) in [6, 6.07) is 0.117. The summed E-state index contributed by atoms with van der Waals surface area (Å²) in [6.45, 7) is 15.4. The highest BCUT2D eigenvalue weighted by Gasteiger charge is 2.70. The van der Waals surface area contributed by atoms with Crippen molar-refractivity contribution in [2.75, 3.05) is 7.11 Å². The quantitative estimate of drug-likeness (QED) is 0.283. The van der Waals surface area contributed by atoms with Crippen LogP contribution in [0.4, 0.5) is 13.2 Å². The summed E-state index contributed by atoms with van der Waals surface area (Å²) in [5, 5.41) is -0.410. The van der Waals surface area contributed by atoms with Crippen LogP contribution in [-0.2, 0) is 14.4 Å². The van der Waals surface area contributed by atoms with Gasteiger partial charge in [0, 0.05) is 17.4 Å². The normalized spacial score (nSPS) is 48.2. The number of carbonyl (C=O) groups is 2. The molecule has 0 bridgehead atoms. The highest BCUT2D eigenvalue weighted by atomic mass is 19.4. The molecule has 0 heterocycles.